The predicted molar refractivity (Wildman–Crippen MR) is 124 cm³/mol. The van der Waals surface area contributed by atoms with Crippen molar-refractivity contribution < 1.29 is 23.9 Å². The largest absolute Gasteiger partial charge is 0.497 e. The Morgan fingerprint density at radius 3 is 2.09 bits per heavy atom. The molecule has 0 fully saturated rings. The summed E-state index contributed by atoms with van der Waals surface area (Å²) in [6.45, 7) is 5.43. The molecule has 2 aromatic carbocycles. The molecule has 0 aliphatic carbocycles. The lowest BCUT2D eigenvalue weighted by molar-refractivity contribution is -0.117. The van der Waals surface area contributed by atoms with Gasteiger partial charge in [0.05, 0.1) is 18.5 Å². The molecule has 0 radical (unpaired) electrons. The zero-order valence-electron chi connectivity index (χ0n) is 19.0. The standard InChI is InChI=1S/C24H31N3O5/c1-24(2,3)32-23(30)25-15-14-22(29)27-20-11-6-5-10-19(20)26-21(28)13-12-17-8-7-9-18(16-17)31-4/h5-11,16H,12-15H2,1-4H3,(H,25,30)(H,26,28)(H,27,29). The number of rotatable bonds is 9. The molecule has 2 rings (SSSR count). The van der Waals surface area contributed by atoms with Crippen LogP contribution in [0.5, 0.6) is 5.75 Å². The van der Waals surface area contributed by atoms with Gasteiger partial charge in [0.15, 0.2) is 0 Å². The van der Waals surface area contributed by atoms with E-state index in [1.165, 1.54) is 0 Å². The van der Waals surface area contributed by atoms with Gasteiger partial charge in [0.25, 0.3) is 0 Å². The van der Waals surface area contributed by atoms with Crippen molar-refractivity contribution in [3.63, 3.8) is 0 Å². The van der Waals surface area contributed by atoms with Crippen molar-refractivity contribution in [2.75, 3.05) is 24.3 Å². The van der Waals surface area contributed by atoms with Gasteiger partial charge in [-0.1, -0.05) is 24.3 Å². The number of aryl methyl sites for hydroxylation is 1. The SMILES string of the molecule is COc1cccc(CCC(=O)Nc2ccccc2NC(=O)CCNC(=O)OC(C)(C)C)c1. The molecule has 0 saturated carbocycles. The topological polar surface area (TPSA) is 106 Å². The third-order valence-corrected chi connectivity index (χ3v) is 4.27. The molecular formula is C24H31N3O5. The zero-order valence-corrected chi connectivity index (χ0v) is 19.0. The summed E-state index contributed by atoms with van der Waals surface area (Å²) in [6.07, 6.45) is 0.342. The van der Waals surface area contributed by atoms with Crippen molar-refractivity contribution >= 4 is 29.3 Å². The van der Waals surface area contributed by atoms with Gasteiger partial charge >= 0.3 is 6.09 Å². The molecule has 8 nitrogen and oxygen atoms in total. The van der Waals surface area contributed by atoms with Crippen LogP contribution in [-0.4, -0.2) is 37.2 Å². The summed E-state index contributed by atoms with van der Waals surface area (Å²) < 4.78 is 10.3. The quantitative estimate of drug-likeness (QED) is 0.543. The van der Waals surface area contributed by atoms with E-state index in [2.05, 4.69) is 16.0 Å². The van der Waals surface area contributed by atoms with E-state index >= 15 is 0 Å². The van der Waals surface area contributed by atoms with Crippen molar-refractivity contribution in [2.24, 2.45) is 0 Å². The number of para-hydroxylation sites is 2. The lowest BCUT2D eigenvalue weighted by atomic mass is 10.1. The average Bonchev–Trinajstić information content (AvgIpc) is 2.72. The number of ether oxygens (including phenoxy) is 2. The van der Waals surface area contributed by atoms with Crippen molar-refractivity contribution in [3.8, 4) is 5.75 Å². The molecule has 0 saturated heterocycles. The summed E-state index contributed by atoms with van der Waals surface area (Å²) in [4.78, 5) is 36.3. The summed E-state index contributed by atoms with van der Waals surface area (Å²) in [7, 11) is 1.60. The van der Waals surface area contributed by atoms with E-state index in [4.69, 9.17) is 9.47 Å². The Morgan fingerprint density at radius 2 is 1.50 bits per heavy atom. The van der Waals surface area contributed by atoms with E-state index in [1.54, 1.807) is 52.1 Å². The monoisotopic (exact) mass is 441 g/mol. The van der Waals surface area contributed by atoms with Gasteiger partial charge < -0.3 is 25.4 Å². The molecular weight excluding hydrogens is 410 g/mol. The molecule has 0 aliphatic rings. The van der Waals surface area contributed by atoms with Crippen molar-refractivity contribution in [1.29, 1.82) is 0 Å². The maximum absolute atomic E-state index is 12.4. The van der Waals surface area contributed by atoms with Crippen LogP contribution in [0.4, 0.5) is 16.2 Å². The summed E-state index contributed by atoms with van der Waals surface area (Å²) >= 11 is 0. The minimum atomic E-state index is -0.601. The number of nitrogens with one attached hydrogen (secondary N) is 3. The summed E-state index contributed by atoms with van der Waals surface area (Å²) in [5.74, 6) is 0.289. The normalized spacial score (nSPS) is 10.8. The molecule has 3 N–H and O–H groups in total. The highest BCUT2D eigenvalue weighted by molar-refractivity contribution is 5.99. The average molecular weight is 442 g/mol. The molecule has 0 spiro atoms. The van der Waals surface area contributed by atoms with Gasteiger partial charge in [-0.3, -0.25) is 9.59 Å². The fraction of sp³-hybridized carbons (Fsp3) is 0.375. The number of alkyl carbamates (subject to hydrolysis) is 1. The molecule has 2 aromatic rings. The summed E-state index contributed by atoms with van der Waals surface area (Å²) in [6, 6.07) is 14.5. The van der Waals surface area contributed by atoms with Crippen LogP contribution in [0, 0.1) is 0 Å². The molecule has 0 heterocycles. The van der Waals surface area contributed by atoms with Crippen LogP contribution in [0.25, 0.3) is 0 Å². The number of hydrogen-bond donors (Lipinski definition) is 3. The van der Waals surface area contributed by atoms with Crippen LogP contribution in [0.1, 0.15) is 39.2 Å². The zero-order chi connectivity index (χ0) is 23.6. The Bertz CT molecular complexity index is 937. The maximum Gasteiger partial charge on any atom is 0.407 e. The molecule has 0 aliphatic heterocycles. The van der Waals surface area contributed by atoms with Gasteiger partial charge in [0.2, 0.25) is 11.8 Å². The number of amides is 3. The minimum Gasteiger partial charge on any atom is -0.497 e. The molecule has 0 unspecified atom stereocenters. The second kappa shape index (κ2) is 11.7. The fourth-order valence-electron chi connectivity index (χ4n) is 2.80. The van der Waals surface area contributed by atoms with Crippen LogP contribution < -0.4 is 20.7 Å². The van der Waals surface area contributed by atoms with Crippen molar-refractivity contribution in [1.82, 2.24) is 5.32 Å². The van der Waals surface area contributed by atoms with Crippen LogP contribution in [0.3, 0.4) is 0 Å². The first-order valence-corrected chi connectivity index (χ1v) is 10.4. The summed E-state index contributed by atoms with van der Waals surface area (Å²) in [5, 5.41) is 8.15. The Morgan fingerprint density at radius 1 is 0.875 bits per heavy atom. The van der Waals surface area contributed by atoms with Gasteiger partial charge in [0.1, 0.15) is 11.4 Å². The van der Waals surface area contributed by atoms with Crippen LogP contribution in [0.2, 0.25) is 0 Å². The number of carbonyl (C=O) groups is 3. The van der Waals surface area contributed by atoms with E-state index in [0.29, 0.717) is 17.8 Å². The molecule has 0 atom stereocenters. The highest BCUT2D eigenvalue weighted by atomic mass is 16.6. The lowest BCUT2D eigenvalue weighted by Crippen LogP contribution is -2.34. The molecule has 172 valence electrons. The minimum absolute atomic E-state index is 0.0668. The maximum atomic E-state index is 12.4. The van der Waals surface area contributed by atoms with E-state index in [0.717, 1.165) is 11.3 Å². The van der Waals surface area contributed by atoms with Gasteiger partial charge in [-0.25, -0.2) is 4.79 Å². The molecule has 3 amide bonds. The van der Waals surface area contributed by atoms with Crippen LogP contribution >= 0.6 is 0 Å². The smallest absolute Gasteiger partial charge is 0.407 e. The van der Waals surface area contributed by atoms with Gasteiger partial charge in [-0.05, 0) is 57.0 Å². The first kappa shape index (κ1) is 24.7. The highest BCUT2D eigenvalue weighted by Gasteiger charge is 2.16. The van der Waals surface area contributed by atoms with E-state index in [-0.39, 0.29) is 31.2 Å². The van der Waals surface area contributed by atoms with Gasteiger partial charge in [0, 0.05) is 19.4 Å². The van der Waals surface area contributed by atoms with E-state index < -0.39 is 11.7 Å². The number of carbonyl (C=O) groups excluding carboxylic acids is 3. The molecule has 0 bridgehead atoms. The second-order valence-corrected chi connectivity index (χ2v) is 8.17. The van der Waals surface area contributed by atoms with Crippen LogP contribution in [-0.2, 0) is 20.7 Å². The predicted octanol–water partition coefficient (Wildman–Crippen LogP) is 4.12. The van der Waals surface area contributed by atoms with Gasteiger partial charge in [-0.15, -0.1) is 0 Å². The molecule has 32 heavy (non-hydrogen) atoms. The molecule has 8 heteroatoms. The fourth-order valence-corrected chi connectivity index (χ4v) is 2.80. The van der Waals surface area contributed by atoms with E-state index in [1.807, 2.05) is 24.3 Å². The first-order chi connectivity index (χ1) is 15.2. The Balaban J connectivity index is 1.84. The van der Waals surface area contributed by atoms with Crippen molar-refractivity contribution in [2.45, 2.75) is 45.6 Å². The number of hydrogen-bond acceptors (Lipinski definition) is 5. The third kappa shape index (κ3) is 9.07. The Labute approximate surface area is 188 Å². The van der Waals surface area contributed by atoms with Gasteiger partial charge in [-0.2, -0.15) is 0 Å². The highest BCUT2D eigenvalue weighted by Crippen LogP contribution is 2.22. The third-order valence-electron chi connectivity index (χ3n) is 4.27. The number of anilines is 2. The number of benzene rings is 2. The Kier molecular flexibility index (Phi) is 9.07. The van der Waals surface area contributed by atoms with Crippen LogP contribution in [0.15, 0.2) is 48.5 Å². The summed E-state index contributed by atoms with van der Waals surface area (Å²) in [5.41, 5.74) is 1.40. The lowest BCUT2D eigenvalue weighted by Gasteiger charge is -2.19. The van der Waals surface area contributed by atoms with Crippen molar-refractivity contribution in [3.05, 3.63) is 54.1 Å². The Hall–Kier alpha value is -3.55. The first-order valence-electron chi connectivity index (χ1n) is 10.4. The molecule has 0 aromatic heterocycles. The van der Waals surface area contributed by atoms with E-state index in [9.17, 15) is 14.4 Å². The second-order valence-electron chi connectivity index (χ2n) is 8.17. The number of methoxy groups -OCH3 is 1.